The van der Waals surface area contributed by atoms with Crippen molar-refractivity contribution >= 4 is 17.5 Å². The molecule has 21 heavy (non-hydrogen) atoms. The van der Waals surface area contributed by atoms with E-state index in [0.29, 0.717) is 13.0 Å². The maximum atomic E-state index is 13.0. The highest BCUT2D eigenvalue weighted by molar-refractivity contribution is 5.60. The smallest absolute Gasteiger partial charge is 0.332 e. The molecule has 0 spiro atoms. The number of nitrogens with two attached hydrogens (primary N) is 1. The fraction of sp³-hybridized carbons (Fsp3) is 0.231. The van der Waals surface area contributed by atoms with E-state index in [1.54, 1.807) is 12.1 Å². The van der Waals surface area contributed by atoms with E-state index in [4.69, 9.17) is 5.73 Å². The summed E-state index contributed by atoms with van der Waals surface area (Å²) in [6, 6.07) is 6.16. The van der Waals surface area contributed by atoms with Crippen molar-refractivity contribution in [3.63, 3.8) is 0 Å². The minimum atomic E-state index is -0.556. The Morgan fingerprint density at radius 2 is 2.19 bits per heavy atom. The molecule has 110 valence electrons. The number of benzene rings is 1. The van der Waals surface area contributed by atoms with Crippen LogP contribution in [-0.4, -0.2) is 21.4 Å². The summed E-state index contributed by atoms with van der Waals surface area (Å²) >= 11 is 0. The van der Waals surface area contributed by atoms with Gasteiger partial charge < -0.3 is 11.1 Å². The molecule has 2 aromatic rings. The lowest BCUT2D eigenvalue weighted by atomic mass is 10.1. The second-order valence-electron chi connectivity index (χ2n) is 4.43. The van der Waals surface area contributed by atoms with Crippen LogP contribution in [0.3, 0.4) is 0 Å². The van der Waals surface area contributed by atoms with Gasteiger partial charge in [-0.25, -0.2) is 9.37 Å². The van der Waals surface area contributed by atoms with Crippen molar-refractivity contribution in [1.29, 1.82) is 0 Å². The second kappa shape index (κ2) is 6.12. The number of hydrogen-bond donors (Lipinski definition) is 2. The Bertz CT molecular complexity index is 678. The van der Waals surface area contributed by atoms with Gasteiger partial charge >= 0.3 is 5.69 Å². The van der Waals surface area contributed by atoms with Crippen LogP contribution in [0.1, 0.15) is 11.3 Å². The SMILES string of the molecule is Cc1nc(N)nc(NCCc2cccc(F)c2)c1[N+](=O)[O-]. The van der Waals surface area contributed by atoms with E-state index in [1.807, 2.05) is 0 Å². The van der Waals surface area contributed by atoms with Crippen LogP contribution in [0, 0.1) is 22.9 Å². The third-order valence-corrected chi connectivity index (χ3v) is 2.85. The molecule has 0 aliphatic carbocycles. The quantitative estimate of drug-likeness (QED) is 0.645. The number of halogens is 1. The number of aromatic nitrogens is 2. The molecule has 2 rings (SSSR count). The fourth-order valence-corrected chi connectivity index (χ4v) is 1.95. The summed E-state index contributed by atoms with van der Waals surface area (Å²) in [6.07, 6.45) is 0.498. The van der Waals surface area contributed by atoms with Crippen molar-refractivity contribution in [3.8, 4) is 0 Å². The van der Waals surface area contributed by atoms with Gasteiger partial charge in [0.05, 0.1) is 4.92 Å². The van der Waals surface area contributed by atoms with Crippen LogP contribution in [0.5, 0.6) is 0 Å². The zero-order valence-corrected chi connectivity index (χ0v) is 11.3. The van der Waals surface area contributed by atoms with Crippen LogP contribution in [0.2, 0.25) is 0 Å². The first-order valence-corrected chi connectivity index (χ1v) is 6.24. The molecule has 0 atom stereocenters. The van der Waals surface area contributed by atoms with Crippen molar-refractivity contribution < 1.29 is 9.31 Å². The zero-order valence-electron chi connectivity index (χ0n) is 11.3. The van der Waals surface area contributed by atoms with Gasteiger partial charge in [-0.2, -0.15) is 4.98 Å². The Hall–Kier alpha value is -2.77. The largest absolute Gasteiger partial charge is 0.368 e. The first kappa shape index (κ1) is 14.6. The molecule has 0 fully saturated rings. The van der Waals surface area contributed by atoms with E-state index in [9.17, 15) is 14.5 Å². The summed E-state index contributed by atoms with van der Waals surface area (Å²) in [5.74, 6) is -0.284. The van der Waals surface area contributed by atoms with E-state index in [2.05, 4.69) is 15.3 Å². The Morgan fingerprint density at radius 3 is 2.86 bits per heavy atom. The zero-order chi connectivity index (χ0) is 15.4. The number of aryl methyl sites for hydroxylation is 1. The van der Waals surface area contributed by atoms with Gasteiger partial charge in [-0.15, -0.1) is 0 Å². The highest BCUT2D eigenvalue weighted by Crippen LogP contribution is 2.25. The fourth-order valence-electron chi connectivity index (χ4n) is 1.95. The molecule has 0 amide bonds. The highest BCUT2D eigenvalue weighted by Gasteiger charge is 2.21. The van der Waals surface area contributed by atoms with Crippen molar-refractivity contribution in [3.05, 3.63) is 51.5 Å². The third kappa shape index (κ3) is 3.62. The van der Waals surface area contributed by atoms with E-state index in [1.165, 1.54) is 19.1 Å². The summed E-state index contributed by atoms with van der Waals surface area (Å²) in [5, 5.41) is 13.9. The molecule has 0 aliphatic heterocycles. The normalized spacial score (nSPS) is 10.4. The first-order valence-electron chi connectivity index (χ1n) is 6.24. The molecule has 1 aromatic heterocycles. The van der Waals surface area contributed by atoms with Gasteiger partial charge in [-0.3, -0.25) is 10.1 Å². The highest BCUT2D eigenvalue weighted by atomic mass is 19.1. The van der Waals surface area contributed by atoms with Crippen LogP contribution < -0.4 is 11.1 Å². The van der Waals surface area contributed by atoms with Crippen LogP contribution >= 0.6 is 0 Å². The van der Waals surface area contributed by atoms with Crippen LogP contribution in [0.4, 0.5) is 21.8 Å². The number of anilines is 2. The maximum Gasteiger partial charge on any atom is 0.332 e. The van der Waals surface area contributed by atoms with Crippen molar-refractivity contribution in [2.45, 2.75) is 13.3 Å². The molecular weight excluding hydrogens is 277 g/mol. The first-order chi connectivity index (χ1) is 9.97. The van der Waals surface area contributed by atoms with Gasteiger partial charge in [-0.05, 0) is 31.0 Å². The minimum absolute atomic E-state index is 0.0358. The van der Waals surface area contributed by atoms with E-state index in [0.717, 1.165) is 5.56 Å². The lowest BCUT2D eigenvalue weighted by Gasteiger charge is -2.08. The summed E-state index contributed by atoms with van der Waals surface area (Å²) in [7, 11) is 0. The van der Waals surface area contributed by atoms with Crippen molar-refractivity contribution in [2.75, 3.05) is 17.6 Å². The van der Waals surface area contributed by atoms with E-state index in [-0.39, 0.29) is 29.0 Å². The number of hydrogen-bond acceptors (Lipinski definition) is 6. The number of nitro groups is 1. The Labute approximate surface area is 120 Å². The molecular formula is C13H14FN5O2. The molecule has 8 heteroatoms. The maximum absolute atomic E-state index is 13.0. The monoisotopic (exact) mass is 291 g/mol. The molecule has 0 radical (unpaired) electrons. The Balaban J connectivity index is 2.11. The summed E-state index contributed by atoms with van der Waals surface area (Å²) in [6.45, 7) is 1.86. The average molecular weight is 291 g/mol. The summed E-state index contributed by atoms with van der Waals surface area (Å²) < 4.78 is 13.0. The number of nitrogen functional groups attached to an aromatic ring is 1. The Morgan fingerprint density at radius 1 is 1.43 bits per heavy atom. The van der Waals surface area contributed by atoms with Crippen molar-refractivity contribution in [1.82, 2.24) is 9.97 Å². The van der Waals surface area contributed by atoms with Gasteiger partial charge in [0.25, 0.3) is 0 Å². The molecule has 0 unspecified atom stereocenters. The molecule has 7 nitrogen and oxygen atoms in total. The number of nitrogens with one attached hydrogen (secondary N) is 1. The van der Waals surface area contributed by atoms with Crippen molar-refractivity contribution in [2.24, 2.45) is 0 Å². The average Bonchev–Trinajstić information content (AvgIpc) is 2.37. The topological polar surface area (TPSA) is 107 Å². The number of nitrogens with zero attached hydrogens (tertiary/aromatic N) is 3. The molecule has 0 aliphatic rings. The third-order valence-electron chi connectivity index (χ3n) is 2.85. The standard InChI is InChI=1S/C13H14FN5O2/c1-8-11(19(20)21)12(18-13(15)17-8)16-6-5-9-3-2-4-10(14)7-9/h2-4,7H,5-6H2,1H3,(H3,15,16,17,18). The van der Waals surface area contributed by atoms with Crippen LogP contribution in [0.15, 0.2) is 24.3 Å². The summed E-state index contributed by atoms with van der Waals surface area (Å²) in [5.41, 5.74) is 6.27. The molecule has 1 aromatic carbocycles. The van der Waals surface area contributed by atoms with Crippen LogP contribution in [0.25, 0.3) is 0 Å². The lowest BCUT2D eigenvalue weighted by Crippen LogP contribution is -2.12. The van der Waals surface area contributed by atoms with Gasteiger partial charge in [0.1, 0.15) is 11.5 Å². The predicted octanol–water partition coefficient (Wildman–Crippen LogP) is 2.07. The van der Waals surface area contributed by atoms with E-state index < -0.39 is 4.92 Å². The molecule has 0 saturated heterocycles. The summed E-state index contributed by atoms with van der Waals surface area (Å²) in [4.78, 5) is 18.1. The van der Waals surface area contributed by atoms with Gasteiger partial charge in [0, 0.05) is 6.54 Å². The van der Waals surface area contributed by atoms with E-state index >= 15 is 0 Å². The second-order valence-corrected chi connectivity index (χ2v) is 4.43. The van der Waals surface area contributed by atoms with Gasteiger partial charge in [-0.1, -0.05) is 12.1 Å². The lowest BCUT2D eigenvalue weighted by molar-refractivity contribution is -0.385. The Kier molecular flexibility index (Phi) is 4.27. The predicted molar refractivity (Wildman–Crippen MR) is 76.4 cm³/mol. The molecule has 0 saturated carbocycles. The van der Waals surface area contributed by atoms with Gasteiger partial charge in [0.2, 0.25) is 11.8 Å². The number of rotatable bonds is 5. The molecule has 1 heterocycles. The minimum Gasteiger partial charge on any atom is -0.368 e. The van der Waals surface area contributed by atoms with Crippen LogP contribution in [-0.2, 0) is 6.42 Å². The molecule has 0 bridgehead atoms. The van der Waals surface area contributed by atoms with Gasteiger partial charge in [0.15, 0.2) is 0 Å². The molecule has 3 N–H and O–H groups in total.